The van der Waals surface area contributed by atoms with Crippen LogP contribution in [0, 0.1) is 0 Å². The van der Waals surface area contributed by atoms with Crippen molar-refractivity contribution in [1.82, 2.24) is 14.5 Å². The number of carbonyl (C=O) groups is 1. The van der Waals surface area contributed by atoms with Crippen molar-refractivity contribution >= 4 is 22.7 Å². The van der Waals surface area contributed by atoms with E-state index in [9.17, 15) is 4.79 Å². The Morgan fingerprint density at radius 2 is 1.72 bits per heavy atom. The van der Waals surface area contributed by atoms with E-state index in [0.29, 0.717) is 5.56 Å². The van der Waals surface area contributed by atoms with Gasteiger partial charge in [0.15, 0.2) is 0 Å². The van der Waals surface area contributed by atoms with E-state index < -0.39 is 0 Å². The van der Waals surface area contributed by atoms with Crippen molar-refractivity contribution < 1.29 is 14.3 Å². The quantitative estimate of drug-likeness (QED) is 0.257. The van der Waals surface area contributed by atoms with E-state index in [-0.39, 0.29) is 12.6 Å². The van der Waals surface area contributed by atoms with Crippen LogP contribution in [0.2, 0.25) is 0 Å². The lowest BCUT2D eigenvalue weighted by Gasteiger charge is -2.36. The Balaban J connectivity index is 1.26. The van der Waals surface area contributed by atoms with Crippen LogP contribution >= 0.6 is 0 Å². The van der Waals surface area contributed by atoms with Gasteiger partial charge < -0.3 is 14.4 Å². The Bertz CT molecular complexity index is 1300. The topological polar surface area (TPSA) is 59.8 Å². The Hall–Kier alpha value is -3.68. The maximum absolute atomic E-state index is 12.6. The number of nitrogens with zero attached hydrogens (tertiary/aromatic N) is 4. The maximum atomic E-state index is 12.6. The molecule has 4 aromatic rings. The monoisotopic (exact) mass is 484 g/mol. The fourth-order valence-electron chi connectivity index (χ4n) is 4.56. The number of anilines is 1. The average Bonchev–Trinajstić information content (AvgIpc) is 3.36. The zero-order valence-corrected chi connectivity index (χ0v) is 20.7. The third-order valence-electron chi connectivity index (χ3n) is 6.60. The van der Waals surface area contributed by atoms with E-state index in [4.69, 9.17) is 9.47 Å². The van der Waals surface area contributed by atoms with Crippen molar-refractivity contribution in [3.8, 4) is 5.69 Å². The van der Waals surface area contributed by atoms with E-state index in [1.165, 1.54) is 5.69 Å². The molecule has 0 atom stereocenters. The van der Waals surface area contributed by atoms with Crippen LogP contribution in [0.3, 0.4) is 0 Å². The van der Waals surface area contributed by atoms with Crippen LogP contribution in [0.5, 0.6) is 0 Å². The smallest absolute Gasteiger partial charge is 0.338 e. The molecule has 0 amide bonds. The number of benzene rings is 3. The SMILES string of the molecule is CCOCCN1CCN(c2cccc(-n3cnc4cc(C(=O)OCc5ccccc5)ccc43)c2)CC1. The van der Waals surface area contributed by atoms with Crippen molar-refractivity contribution in [2.24, 2.45) is 0 Å². The van der Waals surface area contributed by atoms with Crippen LogP contribution in [0.4, 0.5) is 5.69 Å². The molecule has 0 N–H and O–H groups in total. The number of hydrogen-bond acceptors (Lipinski definition) is 6. The lowest BCUT2D eigenvalue weighted by molar-refractivity contribution is 0.0473. The number of aromatic nitrogens is 2. The first kappa shape index (κ1) is 24.0. The number of carbonyl (C=O) groups excluding carboxylic acids is 1. The van der Waals surface area contributed by atoms with E-state index in [0.717, 1.165) is 68.2 Å². The number of imidazole rings is 1. The normalized spacial score (nSPS) is 14.3. The number of piperazine rings is 1. The summed E-state index contributed by atoms with van der Waals surface area (Å²) in [5, 5.41) is 0. The van der Waals surface area contributed by atoms with Crippen LogP contribution in [0.1, 0.15) is 22.8 Å². The summed E-state index contributed by atoms with van der Waals surface area (Å²) in [6.45, 7) is 8.91. The summed E-state index contributed by atoms with van der Waals surface area (Å²) in [5.41, 5.74) is 5.43. The Morgan fingerprint density at radius 1 is 0.917 bits per heavy atom. The summed E-state index contributed by atoms with van der Waals surface area (Å²) in [6.07, 6.45) is 1.81. The minimum Gasteiger partial charge on any atom is -0.457 e. The van der Waals surface area contributed by atoms with Gasteiger partial charge >= 0.3 is 5.97 Å². The molecule has 7 heteroatoms. The van der Waals surface area contributed by atoms with Crippen LogP contribution in [0.25, 0.3) is 16.7 Å². The van der Waals surface area contributed by atoms with E-state index in [1.54, 1.807) is 12.1 Å². The third kappa shape index (κ3) is 5.58. The van der Waals surface area contributed by atoms with Crippen LogP contribution in [-0.2, 0) is 16.1 Å². The van der Waals surface area contributed by atoms with Crippen molar-refractivity contribution in [2.45, 2.75) is 13.5 Å². The first-order valence-corrected chi connectivity index (χ1v) is 12.5. The predicted octanol–water partition coefficient (Wildman–Crippen LogP) is 4.54. The molecule has 0 aliphatic carbocycles. The molecule has 1 saturated heterocycles. The standard InChI is InChI=1S/C29H32N4O3/c1-2-35-18-17-31-13-15-32(16-14-31)25-9-6-10-26(20-25)33-22-30-27-19-24(11-12-28(27)33)29(34)36-21-23-7-4-3-5-8-23/h3-12,19-20,22H,2,13-18,21H2,1H3. The summed E-state index contributed by atoms with van der Waals surface area (Å²) in [5.74, 6) is -0.349. The molecule has 0 unspecified atom stereocenters. The van der Waals surface area contributed by atoms with Gasteiger partial charge in [-0.25, -0.2) is 9.78 Å². The number of ether oxygens (including phenoxy) is 2. The van der Waals surface area contributed by atoms with E-state index >= 15 is 0 Å². The van der Waals surface area contributed by atoms with Crippen molar-refractivity contribution in [3.63, 3.8) is 0 Å². The number of rotatable bonds is 9. The predicted molar refractivity (Wildman–Crippen MR) is 142 cm³/mol. The fraction of sp³-hybridized carbons (Fsp3) is 0.310. The molecule has 1 aromatic heterocycles. The molecule has 2 heterocycles. The third-order valence-corrected chi connectivity index (χ3v) is 6.60. The highest BCUT2D eigenvalue weighted by Crippen LogP contribution is 2.24. The van der Waals surface area contributed by atoms with Crippen LogP contribution in [0.15, 0.2) is 79.1 Å². The van der Waals surface area contributed by atoms with Crippen molar-refractivity contribution in [1.29, 1.82) is 0 Å². The van der Waals surface area contributed by atoms with Crippen LogP contribution < -0.4 is 4.90 Å². The van der Waals surface area contributed by atoms with Crippen molar-refractivity contribution in [3.05, 3.63) is 90.3 Å². The molecule has 0 radical (unpaired) electrons. The molecule has 0 bridgehead atoms. The lowest BCUT2D eigenvalue weighted by Crippen LogP contribution is -2.47. The highest BCUT2D eigenvalue weighted by atomic mass is 16.5. The molecule has 36 heavy (non-hydrogen) atoms. The Kier molecular flexibility index (Phi) is 7.59. The molecule has 0 saturated carbocycles. The van der Waals surface area contributed by atoms with E-state index in [2.05, 4.69) is 43.6 Å². The fourth-order valence-corrected chi connectivity index (χ4v) is 4.56. The van der Waals surface area contributed by atoms with Gasteiger partial charge in [0, 0.05) is 50.7 Å². The van der Waals surface area contributed by atoms with Gasteiger partial charge in [-0.05, 0) is 48.9 Å². The second-order valence-corrected chi connectivity index (χ2v) is 8.93. The molecule has 5 rings (SSSR count). The average molecular weight is 485 g/mol. The second kappa shape index (κ2) is 11.4. The largest absolute Gasteiger partial charge is 0.457 e. The van der Waals surface area contributed by atoms with Crippen LogP contribution in [-0.4, -0.2) is 66.4 Å². The zero-order valence-electron chi connectivity index (χ0n) is 20.7. The lowest BCUT2D eigenvalue weighted by atomic mass is 10.2. The van der Waals surface area contributed by atoms with E-state index in [1.807, 2.05) is 49.6 Å². The van der Waals surface area contributed by atoms with Gasteiger partial charge in [0.2, 0.25) is 0 Å². The molecule has 0 spiro atoms. The minimum absolute atomic E-state index is 0.250. The van der Waals surface area contributed by atoms with Gasteiger partial charge in [-0.15, -0.1) is 0 Å². The summed E-state index contributed by atoms with van der Waals surface area (Å²) in [7, 11) is 0. The molecule has 1 aliphatic heterocycles. The molecule has 7 nitrogen and oxygen atoms in total. The summed E-state index contributed by atoms with van der Waals surface area (Å²) >= 11 is 0. The number of esters is 1. The molecule has 1 fully saturated rings. The van der Waals surface area contributed by atoms with Gasteiger partial charge in [-0.1, -0.05) is 36.4 Å². The Labute approximate surface area is 211 Å². The van der Waals surface area contributed by atoms with Gasteiger partial charge in [-0.2, -0.15) is 0 Å². The highest BCUT2D eigenvalue weighted by molar-refractivity contribution is 5.94. The first-order chi connectivity index (χ1) is 17.7. The first-order valence-electron chi connectivity index (χ1n) is 12.5. The zero-order chi connectivity index (χ0) is 24.7. The Morgan fingerprint density at radius 3 is 2.53 bits per heavy atom. The van der Waals surface area contributed by atoms with Crippen molar-refractivity contribution in [2.75, 3.05) is 50.8 Å². The summed E-state index contributed by atoms with van der Waals surface area (Å²) in [4.78, 5) is 22.0. The number of hydrogen-bond donors (Lipinski definition) is 0. The van der Waals surface area contributed by atoms with Gasteiger partial charge in [0.25, 0.3) is 0 Å². The molecular weight excluding hydrogens is 452 g/mol. The molecular formula is C29H32N4O3. The molecule has 186 valence electrons. The maximum Gasteiger partial charge on any atom is 0.338 e. The van der Waals surface area contributed by atoms with Gasteiger partial charge in [-0.3, -0.25) is 9.47 Å². The summed E-state index contributed by atoms with van der Waals surface area (Å²) < 4.78 is 13.0. The highest BCUT2D eigenvalue weighted by Gasteiger charge is 2.18. The molecule has 1 aliphatic rings. The second-order valence-electron chi connectivity index (χ2n) is 8.93. The van der Waals surface area contributed by atoms with Gasteiger partial charge in [0.05, 0.1) is 23.2 Å². The minimum atomic E-state index is -0.349. The summed E-state index contributed by atoms with van der Waals surface area (Å²) in [6, 6.07) is 23.8. The molecule has 3 aromatic carbocycles. The van der Waals surface area contributed by atoms with Gasteiger partial charge in [0.1, 0.15) is 12.9 Å². The number of fused-ring (bicyclic) bond motifs is 1.